The van der Waals surface area contributed by atoms with Gasteiger partial charge in [-0.1, -0.05) is 13.3 Å². The van der Waals surface area contributed by atoms with Gasteiger partial charge in [0.1, 0.15) is 17.2 Å². The number of aryl methyl sites for hydroxylation is 4. The van der Waals surface area contributed by atoms with Crippen LogP contribution >= 0.6 is 0 Å². The molecule has 0 radical (unpaired) electrons. The Labute approximate surface area is 171 Å². The molecule has 0 unspecified atom stereocenters. The lowest BCUT2D eigenvalue weighted by molar-refractivity contribution is 0.571. The van der Waals surface area contributed by atoms with Crippen molar-refractivity contribution < 1.29 is 12.8 Å². The highest BCUT2D eigenvalue weighted by molar-refractivity contribution is 7.91. The molecule has 0 aliphatic heterocycles. The SMILES string of the molecule is CCCc1nc2cnc(C)c(C)c2n1CCCCCS(=O)(=O)c1ccc(F)cc1. The Morgan fingerprint density at radius 3 is 2.48 bits per heavy atom. The highest BCUT2D eigenvalue weighted by Crippen LogP contribution is 2.23. The van der Waals surface area contributed by atoms with Crippen LogP contribution in [-0.4, -0.2) is 28.7 Å². The number of unbranched alkanes of at least 4 members (excludes halogenated alkanes) is 2. The average molecular weight is 418 g/mol. The first-order valence-electron chi connectivity index (χ1n) is 10.1. The summed E-state index contributed by atoms with van der Waals surface area (Å²) in [6, 6.07) is 5.04. The summed E-state index contributed by atoms with van der Waals surface area (Å²) in [6.45, 7) is 7.03. The zero-order valence-electron chi connectivity index (χ0n) is 17.3. The highest BCUT2D eigenvalue weighted by atomic mass is 32.2. The van der Waals surface area contributed by atoms with Crippen molar-refractivity contribution in [1.82, 2.24) is 14.5 Å². The molecule has 0 N–H and O–H groups in total. The van der Waals surface area contributed by atoms with E-state index in [-0.39, 0.29) is 10.6 Å². The fraction of sp³-hybridized carbons (Fsp3) is 0.455. The van der Waals surface area contributed by atoms with Gasteiger partial charge in [0, 0.05) is 18.7 Å². The number of hydrogen-bond donors (Lipinski definition) is 0. The number of rotatable bonds is 9. The minimum atomic E-state index is -3.37. The number of pyridine rings is 1. The molecule has 2 heterocycles. The van der Waals surface area contributed by atoms with E-state index in [0.29, 0.717) is 6.42 Å². The lowest BCUT2D eigenvalue weighted by Gasteiger charge is -2.11. The predicted molar refractivity (Wildman–Crippen MR) is 113 cm³/mol. The Morgan fingerprint density at radius 1 is 1.07 bits per heavy atom. The molecular formula is C22H28FN3O2S. The van der Waals surface area contributed by atoms with Gasteiger partial charge < -0.3 is 4.57 Å². The van der Waals surface area contributed by atoms with E-state index in [4.69, 9.17) is 4.98 Å². The van der Waals surface area contributed by atoms with Gasteiger partial charge in [-0.05, 0) is 62.9 Å². The van der Waals surface area contributed by atoms with Gasteiger partial charge in [0.15, 0.2) is 9.84 Å². The molecule has 7 heteroatoms. The van der Waals surface area contributed by atoms with Crippen LogP contribution in [0.25, 0.3) is 11.0 Å². The number of fused-ring (bicyclic) bond motifs is 1. The number of aromatic nitrogens is 3. The van der Waals surface area contributed by atoms with E-state index in [1.165, 1.54) is 24.3 Å². The molecule has 3 rings (SSSR count). The number of halogens is 1. The monoisotopic (exact) mass is 417 g/mol. The second-order valence-electron chi connectivity index (χ2n) is 7.47. The van der Waals surface area contributed by atoms with Crippen LogP contribution in [0.4, 0.5) is 4.39 Å². The van der Waals surface area contributed by atoms with E-state index >= 15 is 0 Å². The van der Waals surface area contributed by atoms with Gasteiger partial charge in [-0.15, -0.1) is 0 Å². The van der Waals surface area contributed by atoms with Gasteiger partial charge in [-0.2, -0.15) is 0 Å². The zero-order chi connectivity index (χ0) is 21.0. The first kappa shape index (κ1) is 21.4. The lowest BCUT2D eigenvalue weighted by atomic mass is 10.2. The topological polar surface area (TPSA) is 64.8 Å². The Hall–Kier alpha value is -2.28. The van der Waals surface area contributed by atoms with E-state index < -0.39 is 15.7 Å². The molecule has 1 aromatic carbocycles. The van der Waals surface area contributed by atoms with Crippen molar-refractivity contribution >= 4 is 20.9 Å². The van der Waals surface area contributed by atoms with Gasteiger partial charge in [-0.25, -0.2) is 17.8 Å². The van der Waals surface area contributed by atoms with E-state index in [1.807, 2.05) is 13.1 Å². The summed E-state index contributed by atoms with van der Waals surface area (Å²) in [5, 5.41) is 0. The van der Waals surface area contributed by atoms with Crippen molar-refractivity contribution in [2.45, 2.75) is 64.3 Å². The van der Waals surface area contributed by atoms with E-state index in [2.05, 4.69) is 23.4 Å². The summed E-state index contributed by atoms with van der Waals surface area (Å²) in [7, 11) is -3.37. The van der Waals surface area contributed by atoms with Gasteiger partial charge in [0.05, 0.1) is 22.4 Å². The normalized spacial score (nSPS) is 12.0. The molecule has 2 aromatic heterocycles. The van der Waals surface area contributed by atoms with Gasteiger partial charge in [0.25, 0.3) is 0 Å². The second kappa shape index (κ2) is 9.03. The van der Waals surface area contributed by atoms with Crippen molar-refractivity contribution in [1.29, 1.82) is 0 Å². The molecule has 0 saturated heterocycles. The van der Waals surface area contributed by atoms with Gasteiger partial charge in [0.2, 0.25) is 0 Å². The average Bonchev–Trinajstić information content (AvgIpc) is 3.03. The third-order valence-corrected chi connectivity index (χ3v) is 7.11. The van der Waals surface area contributed by atoms with Crippen molar-refractivity contribution in [3.63, 3.8) is 0 Å². The summed E-state index contributed by atoms with van der Waals surface area (Å²) >= 11 is 0. The smallest absolute Gasteiger partial charge is 0.178 e. The Bertz CT molecular complexity index is 1090. The van der Waals surface area contributed by atoms with E-state index in [1.54, 1.807) is 0 Å². The van der Waals surface area contributed by atoms with Crippen LogP contribution in [0.2, 0.25) is 0 Å². The summed E-state index contributed by atoms with van der Waals surface area (Å²) in [5.41, 5.74) is 4.22. The molecule has 0 bridgehead atoms. The van der Waals surface area contributed by atoms with E-state index in [9.17, 15) is 12.8 Å². The lowest BCUT2D eigenvalue weighted by Crippen LogP contribution is -2.08. The highest BCUT2D eigenvalue weighted by Gasteiger charge is 2.16. The van der Waals surface area contributed by atoms with Crippen molar-refractivity contribution in [2.24, 2.45) is 0 Å². The summed E-state index contributed by atoms with van der Waals surface area (Å²) in [4.78, 5) is 9.37. The number of sulfone groups is 1. The van der Waals surface area contributed by atoms with Crippen LogP contribution in [0.3, 0.4) is 0 Å². The van der Waals surface area contributed by atoms with Crippen LogP contribution in [0.1, 0.15) is 49.7 Å². The first-order chi connectivity index (χ1) is 13.8. The van der Waals surface area contributed by atoms with Crippen molar-refractivity contribution in [3.8, 4) is 0 Å². The molecule has 0 amide bonds. The molecule has 0 atom stereocenters. The number of hydrogen-bond acceptors (Lipinski definition) is 4. The fourth-order valence-electron chi connectivity index (χ4n) is 3.58. The molecular weight excluding hydrogens is 389 g/mol. The predicted octanol–water partition coefficient (Wildman–Crippen LogP) is 4.78. The molecule has 29 heavy (non-hydrogen) atoms. The van der Waals surface area contributed by atoms with Crippen molar-refractivity contribution in [3.05, 3.63) is 53.4 Å². The molecule has 0 aliphatic carbocycles. The van der Waals surface area contributed by atoms with Crippen LogP contribution in [0.5, 0.6) is 0 Å². The first-order valence-corrected chi connectivity index (χ1v) is 11.8. The zero-order valence-corrected chi connectivity index (χ0v) is 18.1. The van der Waals surface area contributed by atoms with Gasteiger partial charge in [-0.3, -0.25) is 4.98 Å². The summed E-state index contributed by atoms with van der Waals surface area (Å²) < 4.78 is 40.1. The molecule has 0 saturated carbocycles. The largest absolute Gasteiger partial charge is 0.328 e. The third-order valence-electron chi connectivity index (χ3n) is 5.29. The molecule has 0 fully saturated rings. The molecule has 0 spiro atoms. The Balaban J connectivity index is 1.64. The maximum absolute atomic E-state index is 13.0. The standard InChI is InChI=1S/C22H28FN3O2S/c1-4-8-21-25-20-15-24-17(3)16(2)22(20)26(21)13-6-5-7-14-29(27,28)19-11-9-18(23)10-12-19/h9-12,15H,4-8,13-14H2,1-3H3. The maximum Gasteiger partial charge on any atom is 0.178 e. The molecule has 0 aliphatic rings. The van der Waals surface area contributed by atoms with Crippen LogP contribution in [-0.2, 0) is 22.8 Å². The van der Waals surface area contributed by atoms with E-state index in [0.717, 1.165) is 60.3 Å². The van der Waals surface area contributed by atoms with Crippen LogP contribution in [0, 0.1) is 19.7 Å². The quantitative estimate of drug-likeness (QED) is 0.371. The fourth-order valence-corrected chi connectivity index (χ4v) is 4.95. The van der Waals surface area contributed by atoms with Crippen LogP contribution in [0.15, 0.2) is 35.4 Å². The molecule has 3 aromatic rings. The van der Waals surface area contributed by atoms with Crippen molar-refractivity contribution in [2.75, 3.05) is 5.75 Å². The van der Waals surface area contributed by atoms with Gasteiger partial charge >= 0.3 is 0 Å². The Kier molecular flexibility index (Phi) is 6.67. The Morgan fingerprint density at radius 2 is 1.79 bits per heavy atom. The number of nitrogens with zero attached hydrogens (tertiary/aromatic N) is 3. The maximum atomic E-state index is 13.0. The summed E-state index contributed by atoms with van der Waals surface area (Å²) in [5.74, 6) is 0.713. The molecule has 5 nitrogen and oxygen atoms in total. The minimum Gasteiger partial charge on any atom is -0.328 e. The third kappa shape index (κ3) is 4.83. The second-order valence-corrected chi connectivity index (χ2v) is 9.57. The van der Waals surface area contributed by atoms with Crippen LogP contribution < -0.4 is 0 Å². The summed E-state index contributed by atoms with van der Waals surface area (Å²) in [6.07, 6.45) is 6.02. The number of imidazole rings is 1. The molecule has 156 valence electrons. The number of benzene rings is 1. The minimum absolute atomic E-state index is 0.0766.